The van der Waals surface area contributed by atoms with Crippen LogP contribution >= 0.6 is 0 Å². The van der Waals surface area contributed by atoms with Crippen molar-refractivity contribution < 1.29 is 16.8 Å². The van der Waals surface area contributed by atoms with Gasteiger partial charge in [0.1, 0.15) is 9.84 Å². The van der Waals surface area contributed by atoms with Crippen molar-refractivity contribution in [3.8, 4) is 0 Å². The van der Waals surface area contributed by atoms with E-state index < -0.39 is 19.7 Å². The van der Waals surface area contributed by atoms with Crippen molar-refractivity contribution in [1.82, 2.24) is 0 Å². The van der Waals surface area contributed by atoms with Gasteiger partial charge in [0, 0.05) is 12.3 Å². The average Bonchev–Trinajstić information content (AvgIpc) is 2.31. The quantitative estimate of drug-likeness (QED) is 0.903. The SMILES string of the molecule is CS(=O)(=O)c1ccccc1NC1CCS(=O)(=O)CC1. The van der Waals surface area contributed by atoms with E-state index in [9.17, 15) is 16.8 Å². The number of hydrogen-bond acceptors (Lipinski definition) is 5. The lowest BCUT2D eigenvalue weighted by molar-refractivity contribution is 0.558. The van der Waals surface area contributed by atoms with Crippen LogP contribution in [0.1, 0.15) is 12.8 Å². The van der Waals surface area contributed by atoms with Gasteiger partial charge in [0.2, 0.25) is 0 Å². The van der Waals surface area contributed by atoms with Gasteiger partial charge in [-0.15, -0.1) is 0 Å². The minimum absolute atomic E-state index is 0.00595. The highest BCUT2D eigenvalue weighted by molar-refractivity contribution is 7.91. The molecule has 0 bridgehead atoms. The van der Waals surface area contributed by atoms with Crippen LogP contribution in [0.15, 0.2) is 29.2 Å². The molecule has 1 heterocycles. The second-order valence-electron chi connectivity index (χ2n) is 4.84. The maximum Gasteiger partial charge on any atom is 0.177 e. The van der Waals surface area contributed by atoms with E-state index in [2.05, 4.69) is 5.32 Å². The molecule has 5 nitrogen and oxygen atoms in total. The first-order valence-corrected chi connectivity index (χ1v) is 9.75. The second kappa shape index (κ2) is 5.13. The monoisotopic (exact) mass is 303 g/mol. The Morgan fingerprint density at radius 1 is 1.16 bits per heavy atom. The Morgan fingerprint density at radius 2 is 1.74 bits per heavy atom. The minimum Gasteiger partial charge on any atom is -0.381 e. The Balaban J connectivity index is 2.17. The molecule has 1 aromatic rings. The van der Waals surface area contributed by atoms with Crippen LogP contribution in [-0.4, -0.2) is 40.6 Å². The molecule has 2 rings (SSSR count). The molecule has 0 unspecified atom stereocenters. The van der Waals surface area contributed by atoms with Crippen LogP contribution in [0.25, 0.3) is 0 Å². The summed E-state index contributed by atoms with van der Waals surface area (Å²) in [7, 11) is -6.19. The molecule has 0 radical (unpaired) electrons. The highest BCUT2D eigenvalue weighted by Gasteiger charge is 2.24. The highest BCUT2D eigenvalue weighted by atomic mass is 32.2. The molecule has 106 valence electrons. The largest absolute Gasteiger partial charge is 0.381 e. The van der Waals surface area contributed by atoms with Crippen molar-refractivity contribution in [2.75, 3.05) is 23.1 Å². The Bertz CT molecular complexity index is 651. The van der Waals surface area contributed by atoms with Crippen molar-refractivity contribution in [3.05, 3.63) is 24.3 Å². The molecule has 1 aliphatic heterocycles. The lowest BCUT2D eigenvalue weighted by Gasteiger charge is -2.25. The summed E-state index contributed by atoms with van der Waals surface area (Å²) in [6, 6.07) is 6.70. The summed E-state index contributed by atoms with van der Waals surface area (Å²) >= 11 is 0. The molecule has 0 aromatic heterocycles. The predicted molar refractivity (Wildman–Crippen MR) is 74.9 cm³/mol. The molecular formula is C12H17NO4S2. The van der Waals surface area contributed by atoms with Crippen LogP contribution in [-0.2, 0) is 19.7 Å². The standard InChI is InChI=1S/C12H17NO4S2/c1-18(14,15)12-5-3-2-4-11(12)13-10-6-8-19(16,17)9-7-10/h2-5,10,13H,6-9H2,1H3. The van der Waals surface area contributed by atoms with Crippen LogP contribution in [0.2, 0.25) is 0 Å². The van der Waals surface area contributed by atoms with E-state index in [-0.39, 0.29) is 22.4 Å². The van der Waals surface area contributed by atoms with Gasteiger partial charge in [0.05, 0.1) is 22.1 Å². The third kappa shape index (κ3) is 3.70. The molecule has 7 heteroatoms. The van der Waals surface area contributed by atoms with Crippen molar-refractivity contribution in [2.45, 2.75) is 23.8 Å². The molecule has 0 aliphatic carbocycles. The van der Waals surface area contributed by atoms with Crippen molar-refractivity contribution >= 4 is 25.4 Å². The molecule has 1 aliphatic rings. The van der Waals surface area contributed by atoms with E-state index in [1.807, 2.05) is 0 Å². The van der Waals surface area contributed by atoms with Crippen LogP contribution in [0, 0.1) is 0 Å². The summed E-state index contributed by atoms with van der Waals surface area (Å²) in [4.78, 5) is 0.253. The summed E-state index contributed by atoms with van der Waals surface area (Å²) in [6.45, 7) is 0. The Labute approximate surface area is 113 Å². The summed E-state index contributed by atoms with van der Waals surface area (Å²) in [5.41, 5.74) is 0.550. The van der Waals surface area contributed by atoms with Crippen LogP contribution < -0.4 is 5.32 Å². The summed E-state index contributed by atoms with van der Waals surface area (Å²) in [5.74, 6) is 0.317. The number of para-hydroxylation sites is 1. The van der Waals surface area contributed by atoms with Gasteiger partial charge in [0.25, 0.3) is 0 Å². The van der Waals surface area contributed by atoms with Crippen LogP contribution in [0.4, 0.5) is 5.69 Å². The van der Waals surface area contributed by atoms with E-state index in [0.29, 0.717) is 18.5 Å². The number of nitrogens with one attached hydrogen (secondary N) is 1. The van der Waals surface area contributed by atoms with Crippen LogP contribution in [0.3, 0.4) is 0 Å². The van der Waals surface area contributed by atoms with E-state index >= 15 is 0 Å². The number of rotatable bonds is 3. The molecule has 19 heavy (non-hydrogen) atoms. The molecule has 0 amide bonds. The number of hydrogen-bond donors (Lipinski definition) is 1. The first kappa shape index (κ1) is 14.3. The predicted octanol–water partition coefficient (Wildman–Crippen LogP) is 1.08. The molecule has 1 saturated heterocycles. The highest BCUT2D eigenvalue weighted by Crippen LogP contribution is 2.24. The average molecular weight is 303 g/mol. The third-order valence-corrected chi connectivity index (χ3v) is 6.07. The smallest absolute Gasteiger partial charge is 0.177 e. The van der Waals surface area contributed by atoms with E-state index in [1.165, 1.54) is 6.26 Å². The summed E-state index contributed by atoms with van der Waals surface area (Å²) in [5, 5.41) is 3.15. The first-order chi connectivity index (χ1) is 8.78. The second-order valence-corrected chi connectivity index (χ2v) is 9.13. The van der Waals surface area contributed by atoms with E-state index in [1.54, 1.807) is 24.3 Å². The van der Waals surface area contributed by atoms with Gasteiger partial charge in [-0.3, -0.25) is 0 Å². The number of sulfone groups is 2. The van der Waals surface area contributed by atoms with E-state index in [0.717, 1.165) is 0 Å². The third-order valence-electron chi connectivity index (χ3n) is 3.20. The van der Waals surface area contributed by atoms with Gasteiger partial charge in [0.15, 0.2) is 9.84 Å². The molecule has 1 fully saturated rings. The number of benzene rings is 1. The fourth-order valence-corrected chi connectivity index (χ4v) is 4.51. The molecule has 0 spiro atoms. The van der Waals surface area contributed by atoms with Gasteiger partial charge < -0.3 is 5.32 Å². The summed E-state index contributed by atoms with van der Waals surface area (Å²) in [6.07, 6.45) is 2.19. The van der Waals surface area contributed by atoms with Crippen molar-refractivity contribution in [3.63, 3.8) is 0 Å². The zero-order chi connectivity index (χ0) is 14.1. The van der Waals surface area contributed by atoms with Crippen molar-refractivity contribution in [2.24, 2.45) is 0 Å². The Hall–Kier alpha value is -1.08. The molecular weight excluding hydrogens is 286 g/mol. The van der Waals surface area contributed by atoms with Gasteiger partial charge in [-0.1, -0.05) is 12.1 Å². The normalized spacial score (nSPS) is 20.1. The maximum absolute atomic E-state index is 11.7. The Kier molecular flexibility index (Phi) is 3.87. The summed E-state index contributed by atoms with van der Waals surface area (Å²) < 4.78 is 46.0. The zero-order valence-electron chi connectivity index (χ0n) is 10.7. The van der Waals surface area contributed by atoms with Crippen LogP contribution in [0.5, 0.6) is 0 Å². The van der Waals surface area contributed by atoms with Crippen molar-refractivity contribution in [1.29, 1.82) is 0 Å². The fourth-order valence-electron chi connectivity index (χ4n) is 2.16. The fraction of sp³-hybridized carbons (Fsp3) is 0.500. The lowest BCUT2D eigenvalue weighted by atomic mass is 10.1. The molecule has 1 N–H and O–H groups in total. The van der Waals surface area contributed by atoms with Gasteiger partial charge in [-0.2, -0.15) is 0 Å². The molecule has 1 aromatic carbocycles. The molecule has 0 saturated carbocycles. The molecule has 0 atom stereocenters. The topological polar surface area (TPSA) is 80.3 Å². The van der Waals surface area contributed by atoms with Gasteiger partial charge >= 0.3 is 0 Å². The Morgan fingerprint density at radius 3 is 2.32 bits per heavy atom. The van der Waals surface area contributed by atoms with E-state index in [4.69, 9.17) is 0 Å². The maximum atomic E-state index is 11.7. The van der Waals surface area contributed by atoms with Gasteiger partial charge in [-0.25, -0.2) is 16.8 Å². The van der Waals surface area contributed by atoms with Gasteiger partial charge in [-0.05, 0) is 25.0 Å². The minimum atomic E-state index is -3.29. The zero-order valence-corrected chi connectivity index (χ0v) is 12.3. The lowest BCUT2D eigenvalue weighted by Crippen LogP contribution is -2.32. The number of anilines is 1. The first-order valence-electron chi connectivity index (χ1n) is 6.04.